The molecular weight excluding hydrogens is 452 g/mol. The molecule has 0 fully saturated rings. The number of nitrogens with one attached hydrogen (secondary N) is 1. The van der Waals surface area contributed by atoms with E-state index in [9.17, 15) is 9.59 Å². The van der Waals surface area contributed by atoms with Gasteiger partial charge in [0.1, 0.15) is 6.61 Å². The van der Waals surface area contributed by atoms with E-state index >= 15 is 0 Å². The van der Waals surface area contributed by atoms with Crippen molar-refractivity contribution in [3.8, 4) is 11.1 Å². The molecule has 0 heterocycles. The number of alkyl carbamates (subject to hydrolysis) is 1. The van der Waals surface area contributed by atoms with Crippen LogP contribution in [-0.2, 0) is 9.47 Å². The summed E-state index contributed by atoms with van der Waals surface area (Å²) >= 11 is 6.21. The molecule has 0 bridgehead atoms. The van der Waals surface area contributed by atoms with Gasteiger partial charge in [-0.15, -0.1) is 0 Å². The lowest BCUT2D eigenvalue weighted by atomic mass is 9.98. The number of carbonyl (C=O) groups excluding carboxylic acids is 2. The fourth-order valence-electron chi connectivity index (χ4n) is 4.14. The molecule has 7 heteroatoms. The SMILES string of the molecule is COC(=O)c1cc(C=CCCNC(=O)OCC2c3ccccc3-c3ccccc32)c(Cl)cc1N. The maximum absolute atomic E-state index is 12.3. The maximum Gasteiger partial charge on any atom is 0.407 e. The predicted molar refractivity (Wildman–Crippen MR) is 134 cm³/mol. The summed E-state index contributed by atoms with van der Waals surface area (Å²) in [6.45, 7) is 0.663. The zero-order valence-corrected chi connectivity index (χ0v) is 19.5. The number of carbonyl (C=O) groups is 2. The van der Waals surface area contributed by atoms with Crippen LogP contribution in [-0.4, -0.2) is 32.3 Å². The van der Waals surface area contributed by atoms with E-state index in [0.717, 1.165) is 0 Å². The van der Waals surface area contributed by atoms with E-state index < -0.39 is 12.1 Å². The predicted octanol–water partition coefficient (Wildman–Crippen LogP) is 5.65. The minimum Gasteiger partial charge on any atom is -0.465 e. The molecule has 3 aromatic rings. The van der Waals surface area contributed by atoms with Crippen LogP contribution in [0.1, 0.15) is 39.4 Å². The van der Waals surface area contributed by atoms with Gasteiger partial charge in [-0.3, -0.25) is 0 Å². The Morgan fingerprint density at radius 2 is 1.71 bits per heavy atom. The fraction of sp³-hybridized carbons (Fsp3) is 0.185. The summed E-state index contributed by atoms with van der Waals surface area (Å²) in [5, 5.41) is 3.19. The lowest BCUT2D eigenvalue weighted by Gasteiger charge is -2.14. The number of hydrogen-bond donors (Lipinski definition) is 2. The van der Waals surface area contributed by atoms with Gasteiger partial charge in [0, 0.05) is 23.2 Å². The van der Waals surface area contributed by atoms with Gasteiger partial charge in [-0.2, -0.15) is 0 Å². The standard InChI is InChI=1S/C27H25ClN2O4/c1-33-26(31)22-14-17(24(28)15-25(22)29)8-6-7-13-30-27(32)34-16-23-20-11-4-2-9-18(20)19-10-3-5-12-21(19)23/h2-6,8-12,14-15,23H,7,13,16,29H2,1H3,(H,30,32). The van der Waals surface area contributed by atoms with Crippen molar-refractivity contribution in [1.82, 2.24) is 5.32 Å². The first-order chi connectivity index (χ1) is 16.5. The van der Waals surface area contributed by atoms with Crippen LogP contribution >= 0.6 is 11.6 Å². The Labute approximate surface area is 203 Å². The van der Waals surface area contributed by atoms with Gasteiger partial charge in [0.15, 0.2) is 0 Å². The second-order valence-corrected chi connectivity index (χ2v) is 8.30. The molecule has 4 rings (SSSR count). The molecule has 0 saturated carbocycles. The number of fused-ring (bicyclic) bond motifs is 3. The van der Waals surface area contributed by atoms with Crippen LogP contribution in [0.2, 0.25) is 5.02 Å². The Balaban J connectivity index is 1.29. The number of ether oxygens (including phenoxy) is 2. The van der Waals surface area contributed by atoms with E-state index in [0.29, 0.717) is 23.6 Å². The van der Waals surface area contributed by atoms with Gasteiger partial charge in [-0.25, -0.2) is 9.59 Å². The highest BCUT2D eigenvalue weighted by Crippen LogP contribution is 2.44. The van der Waals surface area contributed by atoms with E-state index in [1.807, 2.05) is 30.3 Å². The Morgan fingerprint density at radius 1 is 1.06 bits per heavy atom. The zero-order valence-electron chi connectivity index (χ0n) is 18.7. The van der Waals surface area contributed by atoms with Gasteiger partial charge in [-0.05, 0) is 46.4 Å². The van der Waals surface area contributed by atoms with Gasteiger partial charge in [0.2, 0.25) is 0 Å². The molecule has 0 radical (unpaired) electrons. The third-order valence-corrected chi connectivity index (χ3v) is 6.12. The number of nitrogen functional groups attached to an aromatic ring is 1. The molecule has 6 nitrogen and oxygen atoms in total. The molecule has 1 amide bonds. The number of esters is 1. The largest absolute Gasteiger partial charge is 0.465 e. The second kappa shape index (κ2) is 10.4. The van der Waals surface area contributed by atoms with Crippen molar-refractivity contribution in [2.24, 2.45) is 0 Å². The van der Waals surface area contributed by atoms with Gasteiger partial charge >= 0.3 is 12.1 Å². The third kappa shape index (κ3) is 4.92. The summed E-state index contributed by atoms with van der Waals surface area (Å²) in [6.07, 6.45) is 3.71. The first kappa shape index (κ1) is 23.4. The van der Waals surface area contributed by atoms with Crippen molar-refractivity contribution < 1.29 is 19.1 Å². The topological polar surface area (TPSA) is 90.6 Å². The van der Waals surface area contributed by atoms with Crippen molar-refractivity contribution in [2.45, 2.75) is 12.3 Å². The van der Waals surface area contributed by atoms with E-state index in [1.54, 1.807) is 12.1 Å². The minimum absolute atomic E-state index is 0.0229. The first-order valence-corrected chi connectivity index (χ1v) is 11.3. The summed E-state index contributed by atoms with van der Waals surface area (Å²) in [7, 11) is 1.29. The van der Waals surface area contributed by atoms with Crippen molar-refractivity contribution in [2.75, 3.05) is 26.0 Å². The third-order valence-electron chi connectivity index (χ3n) is 5.80. The molecule has 0 unspecified atom stereocenters. The molecular formula is C27H25ClN2O4. The van der Waals surface area contributed by atoms with E-state index in [4.69, 9.17) is 26.8 Å². The number of hydrogen-bond acceptors (Lipinski definition) is 5. The van der Waals surface area contributed by atoms with Crippen LogP contribution in [0.15, 0.2) is 66.7 Å². The maximum atomic E-state index is 12.3. The van der Waals surface area contributed by atoms with Gasteiger partial charge in [0.25, 0.3) is 0 Å². The Morgan fingerprint density at radius 3 is 2.35 bits per heavy atom. The summed E-state index contributed by atoms with van der Waals surface area (Å²) in [6, 6.07) is 19.5. The van der Waals surface area contributed by atoms with E-state index in [2.05, 4.69) is 29.6 Å². The van der Waals surface area contributed by atoms with Crippen molar-refractivity contribution in [3.05, 3.63) is 94.0 Å². The summed E-state index contributed by atoms with van der Waals surface area (Å²) in [5.41, 5.74) is 11.7. The summed E-state index contributed by atoms with van der Waals surface area (Å²) in [5.74, 6) is -0.504. The molecule has 34 heavy (non-hydrogen) atoms. The number of benzene rings is 3. The van der Waals surface area contributed by atoms with Crippen molar-refractivity contribution >= 4 is 35.4 Å². The van der Waals surface area contributed by atoms with Crippen LogP contribution < -0.4 is 11.1 Å². The number of methoxy groups -OCH3 is 1. The van der Waals surface area contributed by atoms with Crippen LogP contribution in [0, 0.1) is 0 Å². The Hall–Kier alpha value is -3.77. The molecule has 174 valence electrons. The number of nitrogens with two attached hydrogens (primary N) is 1. The first-order valence-electron chi connectivity index (χ1n) is 10.9. The molecule has 0 aliphatic heterocycles. The monoisotopic (exact) mass is 476 g/mol. The second-order valence-electron chi connectivity index (χ2n) is 7.90. The molecule has 3 N–H and O–H groups in total. The fourth-order valence-corrected chi connectivity index (χ4v) is 4.37. The lowest BCUT2D eigenvalue weighted by Crippen LogP contribution is -2.26. The van der Waals surface area contributed by atoms with E-state index in [-0.39, 0.29) is 23.8 Å². The molecule has 0 spiro atoms. The van der Waals surface area contributed by atoms with Gasteiger partial charge in [0.05, 0.1) is 12.7 Å². The average molecular weight is 477 g/mol. The molecule has 1 aliphatic rings. The normalized spacial score (nSPS) is 12.3. The van der Waals surface area contributed by atoms with Crippen LogP contribution in [0.4, 0.5) is 10.5 Å². The van der Waals surface area contributed by atoms with Crippen molar-refractivity contribution in [1.29, 1.82) is 0 Å². The number of amides is 1. The Bertz CT molecular complexity index is 1210. The number of rotatable bonds is 7. The molecule has 0 saturated heterocycles. The van der Waals surface area contributed by atoms with Gasteiger partial charge < -0.3 is 20.5 Å². The van der Waals surface area contributed by atoms with Crippen LogP contribution in [0.25, 0.3) is 17.2 Å². The van der Waals surface area contributed by atoms with Crippen LogP contribution in [0.5, 0.6) is 0 Å². The smallest absolute Gasteiger partial charge is 0.407 e. The van der Waals surface area contributed by atoms with Crippen molar-refractivity contribution in [3.63, 3.8) is 0 Å². The highest BCUT2D eigenvalue weighted by molar-refractivity contribution is 6.32. The molecule has 1 aliphatic carbocycles. The minimum atomic E-state index is -0.527. The highest BCUT2D eigenvalue weighted by Gasteiger charge is 2.28. The number of anilines is 1. The highest BCUT2D eigenvalue weighted by atomic mass is 35.5. The molecule has 3 aromatic carbocycles. The molecule has 0 atom stereocenters. The lowest BCUT2D eigenvalue weighted by molar-refractivity contribution is 0.0602. The summed E-state index contributed by atoms with van der Waals surface area (Å²) < 4.78 is 10.3. The quantitative estimate of drug-likeness (QED) is 0.261. The summed E-state index contributed by atoms with van der Waals surface area (Å²) in [4.78, 5) is 24.1. The zero-order chi connectivity index (χ0) is 24.1. The molecule has 0 aromatic heterocycles. The van der Waals surface area contributed by atoms with Gasteiger partial charge in [-0.1, -0.05) is 72.3 Å². The Kier molecular flexibility index (Phi) is 7.18. The number of halogens is 1. The van der Waals surface area contributed by atoms with Crippen LogP contribution in [0.3, 0.4) is 0 Å². The average Bonchev–Trinajstić information content (AvgIpc) is 3.17. The van der Waals surface area contributed by atoms with E-state index in [1.165, 1.54) is 35.4 Å².